The van der Waals surface area contributed by atoms with Crippen molar-refractivity contribution in [2.45, 2.75) is 23.4 Å². The first-order chi connectivity index (χ1) is 16.6. The third-order valence-electron chi connectivity index (χ3n) is 5.52. The second kappa shape index (κ2) is 11.0. The van der Waals surface area contributed by atoms with Crippen LogP contribution in [0.2, 0.25) is 0 Å². The van der Waals surface area contributed by atoms with Crippen LogP contribution in [0.5, 0.6) is 5.75 Å². The minimum atomic E-state index is -0.417. The number of carbonyl (C=O) groups excluding carboxylic acids is 1. The van der Waals surface area contributed by atoms with Gasteiger partial charge in [0.15, 0.2) is 11.0 Å². The van der Waals surface area contributed by atoms with E-state index in [2.05, 4.69) is 26.9 Å². The summed E-state index contributed by atoms with van der Waals surface area (Å²) < 4.78 is 7.42. The lowest BCUT2D eigenvalue weighted by molar-refractivity contribution is -0.128. The second-order valence-corrected chi connectivity index (χ2v) is 9.14. The zero-order valence-electron chi connectivity index (χ0n) is 19.6. The molecule has 0 aliphatic carbocycles. The van der Waals surface area contributed by atoms with Crippen molar-refractivity contribution in [3.8, 4) is 17.1 Å². The molecule has 0 bridgehead atoms. The number of likely N-dealkylation sites (N-methyl/N-ethyl adjacent to an activating group) is 1. The number of methoxy groups -OCH3 is 1. The van der Waals surface area contributed by atoms with E-state index in [9.17, 15) is 4.79 Å². The first-order valence-electron chi connectivity index (χ1n) is 11.1. The van der Waals surface area contributed by atoms with Crippen LogP contribution in [0.4, 0.5) is 0 Å². The van der Waals surface area contributed by atoms with Crippen molar-refractivity contribution in [3.63, 3.8) is 0 Å². The second-order valence-electron chi connectivity index (χ2n) is 8.06. The monoisotopic (exact) mass is 472 g/mol. The Labute approximate surface area is 204 Å². The third-order valence-corrected chi connectivity index (χ3v) is 6.74. The van der Waals surface area contributed by atoms with Crippen LogP contribution < -0.4 is 4.74 Å². The van der Waals surface area contributed by atoms with Gasteiger partial charge < -0.3 is 14.2 Å². The van der Waals surface area contributed by atoms with Gasteiger partial charge in [0.05, 0.1) is 7.11 Å². The van der Waals surface area contributed by atoms with E-state index in [4.69, 9.17) is 4.74 Å². The molecule has 0 aliphatic rings. The molecule has 0 saturated heterocycles. The Morgan fingerprint density at radius 3 is 2.21 bits per heavy atom. The minimum Gasteiger partial charge on any atom is -0.497 e. The van der Waals surface area contributed by atoms with Gasteiger partial charge in [-0.2, -0.15) is 0 Å². The molecule has 0 unspecified atom stereocenters. The standard InChI is InChI=1S/C27H28N4O2S/c1-30(2)26(32)24(21-12-8-5-9-13-21)34-27-29-28-25(22-14-16-23(33-3)17-15-22)31(27)19-18-20-10-6-4-7-11-20/h4-17,24H,18-19H2,1-3H3/t24-/m0/s1. The van der Waals surface area contributed by atoms with Crippen LogP contribution in [-0.4, -0.2) is 46.8 Å². The molecule has 0 saturated carbocycles. The number of rotatable bonds is 9. The fraction of sp³-hybridized carbons (Fsp3) is 0.222. The maximum absolute atomic E-state index is 13.1. The van der Waals surface area contributed by atoms with Crippen molar-refractivity contribution in [2.24, 2.45) is 0 Å². The Hall–Kier alpha value is -3.58. The highest BCUT2D eigenvalue weighted by Gasteiger charge is 2.27. The van der Waals surface area contributed by atoms with Gasteiger partial charge >= 0.3 is 0 Å². The van der Waals surface area contributed by atoms with Gasteiger partial charge in [-0.3, -0.25) is 4.79 Å². The largest absolute Gasteiger partial charge is 0.497 e. The molecule has 7 heteroatoms. The van der Waals surface area contributed by atoms with Crippen LogP contribution >= 0.6 is 11.8 Å². The fourth-order valence-corrected chi connectivity index (χ4v) is 4.85. The summed E-state index contributed by atoms with van der Waals surface area (Å²) in [4.78, 5) is 14.7. The Balaban J connectivity index is 1.71. The lowest BCUT2D eigenvalue weighted by Gasteiger charge is -2.20. The van der Waals surface area contributed by atoms with Crippen LogP contribution in [0.15, 0.2) is 90.1 Å². The molecule has 0 N–H and O–H groups in total. The number of carbonyl (C=O) groups is 1. The molecule has 0 radical (unpaired) electrons. The van der Waals surface area contributed by atoms with Crippen LogP contribution in [0, 0.1) is 0 Å². The summed E-state index contributed by atoms with van der Waals surface area (Å²) in [5, 5.41) is 9.36. The molecule has 1 heterocycles. The van der Waals surface area contributed by atoms with E-state index in [1.807, 2.05) is 72.8 Å². The number of hydrogen-bond donors (Lipinski definition) is 0. The Morgan fingerprint density at radius 1 is 0.941 bits per heavy atom. The minimum absolute atomic E-state index is 0.0137. The van der Waals surface area contributed by atoms with E-state index in [1.165, 1.54) is 17.3 Å². The predicted molar refractivity (Wildman–Crippen MR) is 136 cm³/mol. The van der Waals surface area contributed by atoms with Gasteiger partial charge in [-0.25, -0.2) is 0 Å². The number of aromatic nitrogens is 3. The number of benzene rings is 3. The summed E-state index contributed by atoms with van der Waals surface area (Å²) in [6.45, 7) is 0.693. The van der Waals surface area contributed by atoms with Crippen molar-refractivity contribution in [3.05, 3.63) is 96.1 Å². The summed E-state index contributed by atoms with van der Waals surface area (Å²) in [6.07, 6.45) is 0.827. The summed E-state index contributed by atoms with van der Waals surface area (Å²) in [7, 11) is 5.21. The number of aryl methyl sites for hydroxylation is 1. The van der Waals surface area contributed by atoms with E-state index in [1.54, 1.807) is 26.1 Å². The summed E-state index contributed by atoms with van der Waals surface area (Å²) in [6, 6.07) is 28.0. The number of hydrogen-bond acceptors (Lipinski definition) is 5. The van der Waals surface area contributed by atoms with Gasteiger partial charge in [0.2, 0.25) is 5.91 Å². The molecule has 3 aromatic carbocycles. The topological polar surface area (TPSA) is 60.3 Å². The maximum atomic E-state index is 13.1. The molecule has 1 aromatic heterocycles. The Morgan fingerprint density at radius 2 is 1.59 bits per heavy atom. The lowest BCUT2D eigenvalue weighted by Crippen LogP contribution is -2.27. The Bertz CT molecular complexity index is 1210. The molecular formula is C27H28N4O2S. The summed E-state index contributed by atoms with van der Waals surface area (Å²) >= 11 is 1.44. The van der Waals surface area contributed by atoms with Crippen LogP contribution in [0.25, 0.3) is 11.4 Å². The first kappa shape index (κ1) is 23.6. The van der Waals surface area contributed by atoms with Crippen LogP contribution in [-0.2, 0) is 17.8 Å². The number of nitrogens with zero attached hydrogens (tertiary/aromatic N) is 4. The quantitative estimate of drug-likeness (QED) is 0.317. The normalized spacial score (nSPS) is 11.7. The smallest absolute Gasteiger partial charge is 0.240 e. The van der Waals surface area contributed by atoms with Gasteiger partial charge in [-0.15, -0.1) is 10.2 Å². The van der Waals surface area contributed by atoms with Crippen LogP contribution in [0.1, 0.15) is 16.4 Å². The number of ether oxygens (including phenoxy) is 1. The van der Waals surface area contributed by atoms with Gasteiger partial charge in [-0.1, -0.05) is 72.4 Å². The van der Waals surface area contributed by atoms with E-state index >= 15 is 0 Å². The summed E-state index contributed by atoms with van der Waals surface area (Å²) in [5.41, 5.74) is 3.12. The molecule has 4 rings (SSSR count). The predicted octanol–water partition coefficient (Wildman–Crippen LogP) is 5.12. The lowest BCUT2D eigenvalue weighted by atomic mass is 10.1. The van der Waals surface area contributed by atoms with Gasteiger partial charge in [0, 0.05) is 26.2 Å². The SMILES string of the molecule is COc1ccc(-c2nnc(S[C@H](C(=O)N(C)C)c3ccccc3)n2CCc2ccccc2)cc1. The molecule has 1 amide bonds. The number of amides is 1. The van der Waals surface area contributed by atoms with Gasteiger partial charge in [0.1, 0.15) is 11.0 Å². The van der Waals surface area contributed by atoms with Crippen molar-refractivity contribution in [1.82, 2.24) is 19.7 Å². The van der Waals surface area contributed by atoms with E-state index < -0.39 is 5.25 Å². The molecule has 34 heavy (non-hydrogen) atoms. The molecule has 174 valence electrons. The van der Waals surface area contributed by atoms with Crippen LogP contribution in [0.3, 0.4) is 0 Å². The number of thioether (sulfide) groups is 1. The molecule has 0 spiro atoms. The molecular weight excluding hydrogens is 444 g/mol. The zero-order chi connectivity index (χ0) is 23.9. The van der Waals surface area contributed by atoms with Gasteiger partial charge in [-0.05, 0) is 41.8 Å². The molecule has 0 aliphatic heterocycles. The molecule has 0 fully saturated rings. The van der Waals surface area contributed by atoms with E-state index in [0.29, 0.717) is 11.7 Å². The van der Waals surface area contributed by atoms with E-state index in [-0.39, 0.29) is 5.91 Å². The highest BCUT2D eigenvalue weighted by atomic mass is 32.2. The maximum Gasteiger partial charge on any atom is 0.240 e. The molecule has 6 nitrogen and oxygen atoms in total. The Kier molecular flexibility index (Phi) is 7.65. The van der Waals surface area contributed by atoms with Crippen molar-refractivity contribution in [1.29, 1.82) is 0 Å². The highest BCUT2D eigenvalue weighted by molar-refractivity contribution is 8.00. The van der Waals surface area contributed by atoms with Crippen molar-refractivity contribution >= 4 is 17.7 Å². The average molecular weight is 473 g/mol. The molecule has 1 atom stereocenters. The average Bonchev–Trinajstić information content (AvgIpc) is 3.29. The summed E-state index contributed by atoms with van der Waals surface area (Å²) in [5.74, 6) is 1.57. The van der Waals surface area contributed by atoms with Gasteiger partial charge in [0.25, 0.3) is 0 Å². The first-order valence-corrected chi connectivity index (χ1v) is 12.0. The highest BCUT2D eigenvalue weighted by Crippen LogP contribution is 2.37. The van der Waals surface area contributed by atoms with E-state index in [0.717, 1.165) is 29.1 Å². The molecule has 4 aromatic rings. The van der Waals surface area contributed by atoms with Crippen molar-refractivity contribution < 1.29 is 9.53 Å². The fourth-order valence-electron chi connectivity index (χ4n) is 3.65. The third kappa shape index (κ3) is 5.48. The van der Waals surface area contributed by atoms with Crippen molar-refractivity contribution in [2.75, 3.05) is 21.2 Å². The zero-order valence-corrected chi connectivity index (χ0v) is 20.4.